The molecule has 1 fully saturated rings. The quantitative estimate of drug-likeness (QED) is 0.738. The smallest absolute Gasteiger partial charge is 0.317 e. The topological polar surface area (TPSA) is 72.9 Å². The fourth-order valence-corrected chi connectivity index (χ4v) is 2.57. The Hall–Kier alpha value is -1.30. The summed E-state index contributed by atoms with van der Waals surface area (Å²) >= 11 is 0. The highest BCUT2D eigenvalue weighted by atomic mass is 16.4. The molecule has 1 aliphatic rings. The number of likely N-dealkylation sites (N-methyl/N-ethyl adjacent to an activating group) is 2. The van der Waals surface area contributed by atoms with E-state index in [4.69, 9.17) is 5.11 Å². The van der Waals surface area contributed by atoms with Gasteiger partial charge in [-0.05, 0) is 32.4 Å². The summed E-state index contributed by atoms with van der Waals surface area (Å²) in [5, 5.41) is 11.6. The maximum Gasteiger partial charge on any atom is 0.317 e. The normalized spacial score (nSPS) is 20.6. The van der Waals surface area contributed by atoms with E-state index in [0.29, 0.717) is 19.0 Å². The van der Waals surface area contributed by atoms with Gasteiger partial charge in [-0.2, -0.15) is 0 Å². The molecule has 2 amide bonds. The number of likely N-dealkylation sites (tertiary alicyclic amines) is 1. The van der Waals surface area contributed by atoms with Crippen LogP contribution in [-0.4, -0.2) is 66.2 Å². The van der Waals surface area contributed by atoms with Gasteiger partial charge in [-0.25, -0.2) is 4.79 Å². The van der Waals surface area contributed by atoms with Gasteiger partial charge in [0, 0.05) is 26.2 Å². The van der Waals surface area contributed by atoms with E-state index in [1.54, 1.807) is 18.9 Å². The first-order valence-corrected chi connectivity index (χ1v) is 7.41. The summed E-state index contributed by atoms with van der Waals surface area (Å²) < 4.78 is 0. The van der Waals surface area contributed by atoms with Crippen molar-refractivity contribution in [2.24, 2.45) is 5.92 Å². The minimum Gasteiger partial charge on any atom is -0.481 e. The van der Waals surface area contributed by atoms with Gasteiger partial charge in [0.05, 0.1) is 5.92 Å². The van der Waals surface area contributed by atoms with Gasteiger partial charge >= 0.3 is 12.0 Å². The van der Waals surface area contributed by atoms with Gasteiger partial charge in [-0.15, -0.1) is 0 Å². The summed E-state index contributed by atoms with van der Waals surface area (Å²) in [5.41, 5.74) is 0. The molecule has 2 N–H and O–H groups in total. The van der Waals surface area contributed by atoms with Crippen molar-refractivity contribution in [3.05, 3.63) is 0 Å². The Morgan fingerprint density at radius 2 is 2.20 bits per heavy atom. The molecule has 1 rings (SSSR count). The zero-order valence-electron chi connectivity index (χ0n) is 12.8. The van der Waals surface area contributed by atoms with Crippen molar-refractivity contribution in [3.63, 3.8) is 0 Å². The monoisotopic (exact) mass is 285 g/mol. The zero-order chi connectivity index (χ0) is 15.1. The number of urea groups is 1. The van der Waals surface area contributed by atoms with Crippen LogP contribution in [0.15, 0.2) is 0 Å². The van der Waals surface area contributed by atoms with E-state index in [2.05, 4.69) is 17.1 Å². The lowest BCUT2D eigenvalue weighted by Gasteiger charge is -2.27. The Bertz CT molecular complexity index is 336. The highest BCUT2D eigenvalue weighted by Crippen LogP contribution is 2.17. The number of rotatable bonds is 7. The van der Waals surface area contributed by atoms with Crippen molar-refractivity contribution in [1.82, 2.24) is 15.1 Å². The first-order valence-electron chi connectivity index (χ1n) is 7.41. The molecule has 6 nitrogen and oxygen atoms in total. The van der Waals surface area contributed by atoms with Crippen LogP contribution in [0, 0.1) is 5.92 Å². The average molecular weight is 285 g/mol. The third-order valence-electron chi connectivity index (χ3n) is 4.01. The Balaban J connectivity index is 2.27. The number of nitrogens with zero attached hydrogens (tertiary/aromatic N) is 2. The molecule has 0 aromatic rings. The Morgan fingerprint density at radius 3 is 2.80 bits per heavy atom. The van der Waals surface area contributed by atoms with E-state index in [9.17, 15) is 9.59 Å². The summed E-state index contributed by atoms with van der Waals surface area (Å²) in [5.74, 6) is -1.25. The van der Waals surface area contributed by atoms with Crippen LogP contribution in [0.5, 0.6) is 0 Å². The third kappa shape index (κ3) is 5.00. The molecular weight excluding hydrogens is 258 g/mol. The lowest BCUT2D eigenvalue weighted by Crippen LogP contribution is -2.45. The second-order valence-electron chi connectivity index (χ2n) is 5.57. The standard InChI is InChI=1S/C14H27N3O3/c1-4-17-9-5-6-12(17)10-16(3)14(20)15-8-7-11(2)13(18)19/h11-12H,4-10H2,1-3H3,(H,15,20)(H,18,19). The highest BCUT2D eigenvalue weighted by Gasteiger charge is 2.25. The molecule has 0 aromatic carbocycles. The molecular formula is C14H27N3O3. The second-order valence-corrected chi connectivity index (χ2v) is 5.57. The van der Waals surface area contributed by atoms with Crippen molar-refractivity contribution < 1.29 is 14.7 Å². The fraction of sp³-hybridized carbons (Fsp3) is 0.857. The van der Waals surface area contributed by atoms with Crippen molar-refractivity contribution in [3.8, 4) is 0 Å². The van der Waals surface area contributed by atoms with Crippen molar-refractivity contribution in [2.45, 2.75) is 39.2 Å². The number of amides is 2. The number of aliphatic carboxylic acids is 1. The van der Waals surface area contributed by atoms with Gasteiger partial charge < -0.3 is 15.3 Å². The average Bonchev–Trinajstić information content (AvgIpc) is 2.85. The first kappa shape index (κ1) is 16.8. The van der Waals surface area contributed by atoms with Crippen LogP contribution in [0.4, 0.5) is 4.79 Å². The SMILES string of the molecule is CCN1CCCC1CN(C)C(=O)NCCC(C)C(=O)O. The van der Waals surface area contributed by atoms with Gasteiger partial charge in [0.25, 0.3) is 0 Å². The fourth-order valence-electron chi connectivity index (χ4n) is 2.57. The number of carboxylic acid groups (broad SMARTS) is 1. The molecule has 0 radical (unpaired) electrons. The first-order chi connectivity index (χ1) is 9.45. The van der Waals surface area contributed by atoms with Gasteiger partial charge in [-0.3, -0.25) is 9.69 Å². The van der Waals surface area contributed by atoms with Crippen molar-refractivity contribution in [1.29, 1.82) is 0 Å². The molecule has 0 spiro atoms. The highest BCUT2D eigenvalue weighted by molar-refractivity contribution is 5.74. The maximum absolute atomic E-state index is 11.9. The van der Waals surface area contributed by atoms with Crippen molar-refractivity contribution in [2.75, 3.05) is 33.2 Å². The summed E-state index contributed by atoms with van der Waals surface area (Å²) in [7, 11) is 1.79. The van der Waals surface area contributed by atoms with E-state index in [0.717, 1.165) is 26.1 Å². The number of carbonyl (C=O) groups is 2. The molecule has 1 heterocycles. The predicted molar refractivity (Wildman–Crippen MR) is 77.7 cm³/mol. The third-order valence-corrected chi connectivity index (χ3v) is 4.01. The molecule has 1 aliphatic heterocycles. The van der Waals surface area contributed by atoms with E-state index >= 15 is 0 Å². The number of hydrogen-bond acceptors (Lipinski definition) is 3. The maximum atomic E-state index is 11.9. The molecule has 0 aromatic heterocycles. The van der Waals surface area contributed by atoms with Crippen molar-refractivity contribution >= 4 is 12.0 Å². The van der Waals surface area contributed by atoms with Gasteiger partial charge in [0.2, 0.25) is 0 Å². The molecule has 20 heavy (non-hydrogen) atoms. The molecule has 2 unspecified atom stereocenters. The van der Waals surface area contributed by atoms with Gasteiger partial charge in [0.1, 0.15) is 0 Å². The van der Waals surface area contributed by atoms with Crippen LogP contribution in [0.1, 0.15) is 33.1 Å². The molecule has 116 valence electrons. The summed E-state index contributed by atoms with van der Waals surface area (Å²) in [6.07, 6.45) is 2.80. The number of hydrogen-bond donors (Lipinski definition) is 2. The van der Waals surface area contributed by atoms with Crippen LogP contribution >= 0.6 is 0 Å². The van der Waals surface area contributed by atoms with Crippen LogP contribution < -0.4 is 5.32 Å². The van der Waals surface area contributed by atoms with E-state index < -0.39 is 11.9 Å². The van der Waals surface area contributed by atoms with E-state index in [1.165, 1.54) is 6.42 Å². The van der Waals surface area contributed by atoms with Gasteiger partial charge in [0.15, 0.2) is 0 Å². The lowest BCUT2D eigenvalue weighted by molar-refractivity contribution is -0.141. The Morgan fingerprint density at radius 1 is 1.50 bits per heavy atom. The van der Waals surface area contributed by atoms with E-state index in [-0.39, 0.29) is 6.03 Å². The summed E-state index contributed by atoms with van der Waals surface area (Å²) in [6, 6.07) is 0.333. The summed E-state index contributed by atoms with van der Waals surface area (Å²) in [6.45, 7) is 7.07. The predicted octanol–water partition coefficient (Wildman–Crippen LogP) is 1.22. The number of carboxylic acids is 1. The van der Waals surface area contributed by atoms with Crippen LogP contribution in [-0.2, 0) is 4.79 Å². The van der Waals surface area contributed by atoms with Gasteiger partial charge in [-0.1, -0.05) is 13.8 Å². The Labute approximate surface area is 121 Å². The lowest BCUT2D eigenvalue weighted by atomic mass is 10.1. The number of nitrogens with one attached hydrogen (secondary N) is 1. The van der Waals surface area contributed by atoms with Crippen LogP contribution in [0.25, 0.3) is 0 Å². The zero-order valence-corrected chi connectivity index (χ0v) is 12.8. The Kier molecular flexibility index (Phi) is 6.78. The second kappa shape index (κ2) is 8.09. The summed E-state index contributed by atoms with van der Waals surface area (Å²) in [4.78, 5) is 26.7. The molecule has 0 aliphatic carbocycles. The minimum absolute atomic E-state index is 0.120. The molecule has 0 bridgehead atoms. The molecule has 0 saturated carbocycles. The molecule has 2 atom stereocenters. The van der Waals surface area contributed by atoms with E-state index in [1.807, 2.05) is 0 Å². The largest absolute Gasteiger partial charge is 0.481 e. The molecule has 1 saturated heterocycles. The number of carbonyl (C=O) groups excluding carboxylic acids is 1. The molecule has 6 heteroatoms. The van der Waals surface area contributed by atoms with Crippen LogP contribution in [0.2, 0.25) is 0 Å². The van der Waals surface area contributed by atoms with Crippen LogP contribution in [0.3, 0.4) is 0 Å². The minimum atomic E-state index is -0.822.